The van der Waals surface area contributed by atoms with E-state index in [0.29, 0.717) is 21.9 Å². The number of H-pyrrole nitrogens is 1. The minimum atomic E-state index is -0.0850. The van der Waals surface area contributed by atoms with Crippen molar-refractivity contribution in [2.24, 2.45) is 0 Å². The van der Waals surface area contributed by atoms with Gasteiger partial charge < -0.3 is 14.9 Å². The van der Waals surface area contributed by atoms with Crippen LogP contribution < -0.4 is 4.74 Å². The predicted molar refractivity (Wildman–Crippen MR) is 84.1 cm³/mol. The Morgan fingerprint density at radius 2 is 2.00 bits per heavy atom. The summed E-state index contributed by atoms with van der Waals surface area (Å²) in [5.41, 5.74) is 1.20. The molecular formula is C15H13N3O3S. The number of phenolic OH excluding ortho intramolecular Hbond substituents is 2. The Bertz CT molecular complexity index is 886. The van der Waals surface area contributed by atoms with E-state index in [1.54, 1.807) is 17.7 Å². The zero-order valence-corrected chi connectivity index (χ0v) is 12.5. The number of nitrogens with one attached hydrogen (secondary N) is 1. The third-order valence-electron chi connectivity index (χ3n) is 3.21. The van der Waals surface area contributed by atoms with Crippen LogP contribution in [0.2, 0.25) is 0 Å². The highest BCUT2D eigenvalue weighted by Crippen LogP contribution is 2.32. The van der Waals surface area contributed by atoms with Gasteiger partial charge in [-0.3, -0.25) is 9.67 Å². The molecule has 0 aliphatic heterocycles. The first kappa shape index (κ1) is 14.2. The van der Waals surface area contributed by atoms with E-state index in [1.165, 1.54) is 12.1 Å². The fraction of sp³-hybridized carbons (Fsp3) is 0.0667. The Labute approximate surface area is 131 Å². The van der Waals surface area contributed by atoms with Crippen LogP contribution in [0.15, 0.2) is 42.5 Å². The van der Waals surface area contributed by atoms with Crippen LogP contribution in [0.4, 0.5) is 0 Å². The highest BCUT2D eigenvalue weighted by Gasteiger charge is 2.15. The lowest BCUT2D eigenvalue weighted by atomic mass is 10.1. The molecule has 1 aromatic heterocycles. The Morgan fingerprint density at radius 1 is 1.18 bits per heavy atom. The van der Waals surface area contributed by atoms with Gasteiger partial charge in [-0.1, -0.05) is 6.07 Å². The molecule has 3 aromatic rings. The lowest BCUT2D eigenvalue weighted by Crippen LogP contribution is -1.98. The molecule has 7 heteroatoms. The zero-order chi connectivity index (χ0) is 15.7. The van der Waals surface area contributed by atoms with Crippen LogP contribution in [0.5, 0.6) is 17.2 Å². The van der Waals surface area contributed by atoms with Crippen molar-refractivity contribution in [2.75, 3.05) is 7.11 Å². The normalized spacial score (nSPS) is 10.6. The first-order valence-electron chi connectivity index (χ1n) is 6.44. The third kappa shape index (κ3) is 2.42. The SMILES string of the molecule is COc1cccc(-n2c(-c3ccc(O)cc3O)n[nH]c2=S)c1. The van der Waals surface area contributed by atoms with Crippen molar-refractivity contribution < 1.29 is 14.9 Å². The molecule has 0 saturated heterocycles. The minimum absolute atomic E-state index is 0.0247. The summed E-state index contributed by atoms with van der Waals surface area (Å²) in [6.07, 6.45) is 0. The fourth-order valence-corrected chi connectivity index (χ4v) is 2.41. The van der Waals surface area contributed by atoms with Crippen LogP contribution in [0, 0.1) is 4.77 Å². The number of methoxy groups -OCH3 is 1. The largest absolute Gasteiger partial charge is 0.508 e. The van der Waals surface area contributed by atoms with Crippen LogP contribution in [-0.2, 0) is 0 Å². The van der Waals surface area contributed by atoms with Crippen molar-refractivity contribution in [1.29, 1.82) is 0 Å². The van der Waals surface area contributed by atoms with Gasteiger partial charge in [-0.05, 0) is 36.5 Å². The summed E-state index contributed by atoms with van der Waals surface area (Å²) in [6.45, 7) is 0. The molecule has 0 fully saturated rings. The molecule has 0 aliphatic carbocycles. The first-order chi connectivity index (χ1) is 10.6. The second-order valence-corrected chi connectivity index (χ2v) is 4.98. The summed E-state index contributed by atoms with van der Waals surface area (Å²) in [5, 5.41) is 26.3. The van der Waals surface area contributed by atoms with E-state index < -0.39 is 0 Å². The quantitative estimate of drug-likeness (QED) is 0.647. The van der Waals surface area contributed by atoms with E-state index in [2.05, 4.69) is 10.2 Å². The summed E-state index contributed by atoms with van der Waals surface area (Å²) >= 11 is 5.28. The van der Waals surface area contributed by atoms with Crippen molar-refractivity contribution in [3.05, 3.63) is 47.2 Å². The van der Waals surface area contributed by atoms with Gasteiger partial charge in [0, 0.05) is 12.1 Å². The monoisotopic (exact) mass is 315 g/mol. The van der Waals surface area contributed by atoms with Gasteiger partial charge in [0.1, 0.15) is 17.2 Å². The number of nitrogens with zero attached hydrogens (tertiary/aromatic N) is 2. The highest BCUT2D eigenvalue weighted by molar-refractivity contribution is 7.71. The fourth-order valence-electron chi connectivity index (χ4n) is 2.18. The Kier molecular flexibility index (Phi) is 3.56. The molecule has 1 heterocycles. The number of rotatable bonds is 3. The smallest absolute Gasteiger partial charge is 0.200 e. The third-order valence-corrected chi connectivity index (χ3v) is 3.48. The molecule has 0 bridgehead atoms. The molecule has 0 radical (unpaired) electrons. The summed E-state index contributed by atoms with van der Waals surface area (Å²) in [5.74, 6) is 1.01. The van der Waals surface area contributed by atoms with E-state index in [-0.39, 0.29) is 11.5 Å². The first-order valence-corrected chi connectivity index (χ1v) is 6.85. The number of hydrogen-bond acceptors (Lipinski definition) is 5. The van der Waals surface area contributed by atoms with Crippen molar-refractivity contribution in [1.82, 2.24) is 14.8 Å². The topological polar surface area (TPSA) is 83.3 Å². The van der Waals surface area contributed by atoms with E-state index in [1.807, 2.05) is 24.3 Å². The van der Waals surface area contributed by atoms with Gasteiger partial charge in [0.2, 0.25) is 0 Å². The van der Waals surface area contributed by atoms with E-state index >= 15 is 0 Å². The Morgan fingerprint density at radius 3 is 2.73 bits per heavy atom. The number of benzene rings is 2. The summed E-state index contributed by atoms with van der Waals surface area (Å²) < 4.78 is 7.29. The second-order valence-electron chi connectivity index (χ2n) is 4.59. The summed E-state index contributed by atoms with van der Waals surface area (Å²) in [4.78, 5) is 0. The molecule has 6 nitrogen and oxygen atoms in total. The van der Waals surface area contributed by atoms with Gasteiger partial charge in [-0.25, -0.2) is 0 Å². The molecule has 0 aliphatic rings. The average Bonchev–Trinajstić information content (AvgIpc) is 2.89. The molecule has 22 heavy (non-hydrogen) atoms. The standard InChI is InChI=1S/C15H13N3O3S/c1-21-11-4-2-3-9(7-11)18-14(16-17-15(18)22)12-6-5-10(19)8-13(12)20/h2-8,19-20H,1H3,(H,17,22). The number of ether oxygens (including phenoxy) is 1. The van der Waals surface area contributed by atoms with Gasteiger partial charge in [-0.15, -0.1) is 0 Å². The molecule has 0 amide bonds. The lowest BCUT2D eigenvalue weighted by molar-refractivity contribution is 0.414. The Hall–Kier alpha value is -2.80. The second kappa shape index (κ2) is 5.53. The molecule has 112 valence electrons. The number of phenols is 2. The van der Waals surface area contributed by atoms with Crippen LogP contribution in [0.25, 0.3) is 17.1 Å². The summed E-state index contributed by atoms with van der Waals surface area (Å²) in [6, 6.07) is 11.6. The van der Waals surface area contributed by atoms with Crippen LogP contribution >= 0.6 is 12.2 Å². The number of aromatic amines is 1. The van der Waals surface area contributed by atoms with E-state index in [9.17, 15) is 10.2 Å². The molecule has 0 unspecified atom stereocenters. The minimum Gasteiger partial charge on any atom is -0.508 e. The van der Waals surface area contributed by atoms with E-state index in [0.717, 1.165) is 5.69 Å². The number of hydrogen-bond donors (Lipinski definition) is 3. The number of aromatic nitrogens is 3. The Balaban J connectivity index is 2.21. The van der Waals surface area contributed by atoms with Crippen molar-refractivity contribution in [2.45, 2.75) is 0 Å². The van der Waals surface area contributed by atoms with Crippen molar-refractivity contribution in [3.63, 3.8) is 0 Å². The molecule has 0 saturated carbocycles. The molecule has 3 N–H and O–H groups in total. The molecular weight excluding hydrogens is 302 g/mol. The molecule has 2 aromatic carbocycles. The maximum absolute atomic E-state index is 10.0. The summed E-state index contributed by atoms with van der Waals surface area (Å²) in [7, 11) is 1.58. The lowest BCUT2D eigenvalue weighted by Gasteiger charge is -2.09. The van der Waals surface area contributed by atoms with Crippen LogP contribution in [0.3, 0.4) is 0 Å². The molecule has 0 atom stereocenters. The van der Waals surface area contributed by atoms with Gasteiger partial charge in [-0.2, -0.15) is 5.10 Å². The van der Waals surface area contributed by atoms with Gasteiger partial charge >= 0.3 is 0 Å². The molecule has 3 rings (SSSR count). The van der Waals surface area contributed by atoms with Crippen molar-refractivity contribution in [3.8, 4) is 34.3 Å². The number of aromatic hydroxyl groups is 2. The predicted octanol–water partition coefficient (Wildman–Crippen LogP) is 3.02. The zero-order valence-electron chi connectivity index (χ0n) is 11.6. The van der Waals surface area contributed by atoms with Gasteiger partial charge in [0.15, 0.2) is 10.6 Å². The maximum atomic E-state index is 10.0. The van der Waals surface area contributed by atoms with Crippen LogP contribution in [0.1, 0.15) is 0 Å². The van der Waals surface area contributed by atoms with Crippen LogP contribution in [-0.4, -0.2) is 32.1 Å². The van der Waals surface area contributed by atoms with Crippen molar-refractivity contribution >= 4 is 12.2 Å². The highest BCUT2D eigenvalue weighted by atomic mass is 32.1. The van der Waals surface area contributed by atoms with Gasteiger partial charge in [0.25, 0.3) is 0 Å². The van der Waals surface area contributed by atoms with E-state index in [4.69, 9.17) is 17.0 Å². The van der Waals surface area contributed by atoms with Gasteiger partial charge in [0.05, 0.1) is 18.4 Å². The molecule has 0 spiro atoms. The average molecular weight is 315 g/mol. The maximum Gasteiger partial charge on any atom is 0.200 e.